The van der Waals surface area contributed by atoms with E-state index >= 15 is 0 Å². The molecule has 0 spiro atoms. The summed E-state index contributed by atoms with van der Waals surface area (Å²) >= 11 is 0. The van der Waals surface area contributed by atoms with E-state index in [1.807, 2.05) is 31.2 Å². The van der Waals surface area contributed by atoms with E-state index in [0.29, 0.717) is 29.2 Å². The molecule has 0 aromatic heterocycles. The summed E-state index contributed by atoms with van der Waals surface area (Å²) in [6.45, 7) is 1.70. The van der Waals surface area contributed by atoms with Crippen LogP contribution in [0.25, 0.3) is 0 Å². The predicted octanol–water partition coefficient (Wildman–Crippen LogP) is 4.72. The average molecular weight is 414 g/mol. The van der Waals surface area contributed by atoms with E-state index in [1.165, 1.54) is 0 Å². The number of amides is 3. The van der Waals surface area contributed by atoms with Gasteiger partial charge in [-0.1, -0.05) is 36.4 Å². The fourth-order valence-corrected chi connectivity index (χ4v) is 2.78. The van der Waals surface area contributed by atoms with Gasteiger partial charge < -0.3 is 20.7 Å². The third kappa shape index (κ3) is 6.61. The second-order valence-electron chi connectivity index (χ2n) is 6.79. The number of nitrogens with one attached hydrogen (secondary N) is 3. The minimum atomic E-state index is -0.379. The van der Waals surface area contributed by atoms with Gasteiger partial charge in [0.25, 0.3) is 5.91 Å². The normalized spacial score (nSPS) is 9.94. The molecule has 0 radical (unpaired) electrons. The molecular weight excluding hydrogens is 392 g/mol. The van der Waals surface area contributed by atoms with Crippen LogP contribution in [0.2, 0.25) is 0 Å². The fourth-order valence-electron chi connectivity index (χ4n) is 2.78. The van der Waals surface area contributed by atoms with E-state index in [-0.39, 0.29) is 18.5 Å². The highest BCUT2D eigenvalue weighted by Gasteiger charge is 2.09. The van der Waals surface area contributed by atoms with Gasteiger partial charge in [0.05, 0.1) is 12.5 Å². The number of ether oxygens (including phenoxy) is 1. The molecule has 7 nitrogen and oxygen atoms in total. The first-order chi connectivity index (χ1) is 15.0. The summed E-state index contributed by atoms with van der Waals surface area (Å²) in [5.74, 6) is 0.219. The van der Waals surface area contributed by atoms with Crippen molar-refractivity contribution in [1.82, 2.24) is 0 Å². The average Bonchev–Trinajstić information content (AvgIpc) is 2.76. The topological polar surface area (TPSA) is 103 Å². The van der Waals surface area contributed by atoms with Crippen LogP contribution in [0.5, 0.6) is 5.75 Å². The molecule has 0 aliphatic heterocycles. The van der Waals surface area contributed by atoms with Crippen molar-refractivity contribution in [3.05, 3.63) is 83.9 Å². The lowest BCUT2D eigenvalue weighted by molar-refractivity contribution is -0.118. The van der Waals surface area contributed by atoms with Crippen LogP contribution in [-0.2, 0) is 11.2 Å². The van der Waals surface area contributed by atoms with Crippen molar-refractivity contribution in [2.75, 3.05) is 22.6 Å². The number of rotatable bonds is 7. The van der Waals surface area contributed by atoms with Crippen molar-refractivity contribution >= 4 is 29.0 Å². The number of carbonyl (C=O) groups is 2. The molecule has 0 heterocycles. The van der Waals surface area contributed by atoms with Gasteiger partial charge in [-0.15, -0.1) is 0 Å². The van der Waals surface area contributed by atoms with E-state index in [1.54, 1.807) is 48.5 Å². The highest BCUT2D eigenvalue weighted by atomic mass is 16.5. The lowest BCUT2D eigenvalue weighted by atomic mass is 10.1. The number of hydrogen-bond acceptors (Lipinski definition) is 4. The van der Waals surface area contributed by atoms with Gasteiger partial charge in [-0.05, 0) is 54.4 Å². The fraction of sp³-hybridized carbons (Fsp3) is 0.125. The molecule has 3 aromatic rings. The van der Waals surface area contributed by atoms with Crippen LogP contribution < -0.4 is 20.7 Å². The maximum absolute atomic E-state index is 12.3. The van der Waals surface area contributed by atoms with Crippen LogP contribution in [0.3, 0.4) is 0 Å². The Kier molecular flexibility index (Phi) is 7.22. The van der Waals surface area contributed by atoms with Crippen molar-refractivity contribution in [1.29, 1.82) is 5.26 Å². The van der Waals surface area contributed by atoms with Crippen LogP contribution in [-0.4, -0.2) is 18.5 Å². The van der Waals surface area contributed by atoms with E-state index in [4.69, 9.17) is 10.00 Å². The van der Waals surface area contributed by atoms with E-state index < -0.39 is 0 Å². The third-order valence-electron chi connectivity index (χ3n) is 4.38. The summed E-state index contributed by atoms with van der Waals surface area (Å²) in [7, 11) is 0. The van der Waals surface area contributed by atoms with Crippen molar-refractivity contribution in [3.63, 3.8) is 0 Å². The van der Waals surface area contributed by atoms with E-state index in [9.17, 15) is 9.59 Å². The van der Waals surface area contributed by atoms with Crippen LogP contribution in [0.15, 0.2) is 72.8 Å². The first-order valence-electron chi connectivity index (χ1n) is 9.66. The Labute approximate surface area is 180 Å². The minimum Gasteiger partial charge on any atom is -0.484 e. The molecule has 0 aliphatic rings. The number of para-hydroxylation sites is 1. The molecule has 0 fully saturated rings. The molecule has 3 aromatic carbocycles. The highest BCUT2D eigenvalue weighted by Crippen LogP contribution is 2.21. The first-order valence-corrected chi connectivity index (χ1v) is 9.66. The van der Waals surface area contributed by atoms with E-state index in [2.05, 4.69) is 22.0 Å². The number of nitrogens with zero attached hydrogens (tertiary/aromatic N) is 1. The molecule has 7 heteroatoms. The molecular formula is C24H22N4O3. The number of benzene rings is 3. The SMILES string of the molecule is Cc1ccc(NC(=O)Nc2ccccc2)cc1NC(=O)COc1ccc(CC#N)cc1. The van der Waals surface area contributed by atoms with Crippen molar-refractivity contribution in [2.24, 2.45) is 0 Å². The lowest BCUT2D eigenvalue weighted by Gasteiger charge is -2.13. The lowest BCUT2D eigenvalue weighted by Crippen LogP contribution is -2.21. The van der Waals surface area contributed by atoms with Gasteiger partial charge in [-0.3, -0.25) is 4.79 Å². The molecule has 0 saturated carbocycles. The van der Waals surface area contributed by atoms with Crippen LogP contribution in [0.4, 0.5) is 21.9 Å². The second kappa shape index (κ2) is 10.5. The summed E-state index contributed by atoms with van der Waals surface area (Å²) in [5, 5.41) is 17.0. The first kappa shape index (κ1) is 21.4. The Morgan fingerprint density at radius 2 is 1.61 bits per heavy atom. The number of carbonyl (C=O) groups excluding carboxylic acids is 2. The number of nitriles is 1. The zero-order chi connectivity index (χ0) is 22.1. The molecule has 0 bridgehead atoms. The summed E-state index contributed by atoms with van der Waals surface area (Å²) in [4.78, 5) is 24.5. The molecule has 3 N–H and O–H groups in total. The number of hydrogen-bond donors (Lipinski definition) is 3. The van der Waals surface area contributed by atoms with Crippen LogP contribution in [0, 0.1) is 18.3 Å². The summed E-state index contributed by atoms with van der Waals surface area (Å²) in [6.07, 6.45) is 0.327. The summed E-state index contributed by atoms with van der Waals surface area (Å²) < 4.78 is 5.50. The zero-order valence-corrected chi connectivity index (χ0v) is 17.0. The molecule has 31 heavy (non-hydrogen) atoms. The van der Waals surface area contributed by atoms with Crippen LogP contribution in [0.1, 0.15) is 11.1 Å². The molecule has 0 atom stereocenters. The maximum atomic E-state index is 12.3. The monoisotopic (exact) mass is 414 g/mol. The van der Waals surface area contributed by atoms with E-state index in [0.717, 1.165) is 11.1 Å². The minimum absolute atomic E-state index is 0.164. The van der Waals surface area contributed by atoms with Gasteiger partial charge in [0.1, 0.15) is 5.75 Å². The number of urea groups is 1. The van der Waals surface area contributed by atoms with Gasteiger partial charge in [0.2, 0.25) is 0 Å². The Morgan fingerprint density at radius 3 is 2.32 bits per heavy atom. The Hall–Kier alpha value is -4.31. The number of anilines is 3. The zero-order valence-electron chi connectivity index (χ0n) is 17.0. The summed E-state index contributed by atoms with van der Waals surface area (Å²) in [6, 6.07) is 23.1. The highest BCUT2D eigenvalue weighted by molar-refractivity contribution is 6.00. The molecule has 3 rings (SSSR count). The summed E-state index contributed by atoms with van der Waals surface area (Å²) in [5.41, 5.74) is 3.54. The predicted molar refractivity (Wildman–Crippen MR) is 120 cm³/mol. The largest absolute Gasteiger partial charge is 0.484 e. The quantitative estimate of drug-likeness (QED) is 0.520. The number of aryl methyl sites for hydroxylation is 1. The third-order valence-corrected chi connectivity index (χ3v) is 4.38. The Bertz CT molecular complexity index is 1090. The Morgan fingerprint density at radius 1 is 0.903 bits per heavy atom. The van der Waals surface area contributed by atoms with Crippen LogP contribution >= 0.6 is 0 Å². The standard InChI is InChI=1S/C24H22N4O3/c1-17-7-10-20(27-24(30)26-19-5-3-2-4-6-19)15-22(17)28-23(29)16-31-21-11-8-18(9-12-21)13-14-25/h2-12,15H,13,16H2,1H3,(H,28,29)(H2,26,27,30). The molecule has 0 saturated heterocycles. The van der Waals surface area contributed by atoms with Crippen molar-refractivity contribution in [3.8, 4) is 11.8 Å². The smallest absolute Gasteiger partial charge is 0.323 e. The van der Waals surface area contributed by atoms with Gasteiger partial charge in [0.15, 0.2) is 6.61 Å². The van der Waals surface area contributed by atoms with Crippen molar-refractivity contribution < 1.29 is 14.3 Å². The maximum Gasteiger partial charge on any atom is 0.323 e. The van der Waals surface area contributed by atoms with Gasteiger partial charge in [-0.2, -0.15) is 5.26 Å². The van der Waals surface area contributed by atoms with Gasteiger partial charge in [0, 0.05) is 17.1 Å². The Balaban J connectivity index is 1.55. The molecule has 156 valence electrons. The molecule has 0 unspecified atom stereocenters. The second-order valence-corrected chi connectivity index (χ2v) is 6.79. The molecule has 0 aliphatic carbocycles. The molecule has 3 amide bonds. The van der Waals surface area contributed by atoms with Gasteiger partial charge >= 0.3 is 6.03 Å². The van der Waals surface area contributed by atoms with Gasteiger partial charge in [-0.25, -0.2) is 4.79 Å². The van der Waals surface area contributed by atoms with Crippen molar-refractivity contribution in [2.45, 2.75) is 13.3 Å².